The molecule has 0 spiro atoms. The van der Waals surface area contributed by atoms with Crippen LogP contribution >= 0.6 is 0 Å². The molecule has 1 fully saturated rings. The Balaban J connectivity index is 1.60. The molecule has 0 bridgehead atoms. The fourth-order valence-electron chi connectivity index (χ4n) is 3.65. The first kappa shape index (κ1) is 17.3. The molecule has 0 nitrogen and oxygen atoms in total. The Morgan fingerprint density at radius 1 is 1.00 bits per heavy atom. The molecular weight excluding hydrogens is 264 g/mol. The van der Waals surface area contributed by atoms with Crippen LogP contribution in [0.15, 0.2) is 36.4 Å². The molecule has 1 aliphatic carbocycles. The summed E-state index contributed by atoms with van der Waals surface area (Å²) in [6.07, 6.45) is 18.8. The van der Waals surface area contributed by atoms with Crippen molar-refractivity contribution in [3.05, 3.63) is 47.5 Å². The minimum Gasteiger partial charge on any atom is -0.0879 e. The molecule has 22 heavy (non-hydrogen) atoms. The zero-order valence-corrected chi connectivity index (χ0v) is 14.7. The molecule has 0 aromatic heterocycles. The Bertz CT molecular complexity index is 418. The minimum absolute atomic E-state index is 0.862. The predicted molar refractivity (Wildman–Crippen MR) is 98.2 cm³/mol. The summed E-state index contributed by atoms with van der Waals surface area (Å²) in [4.78, 5) is 0. The van der Waals surface area contributed by atoms with E-state index in [-0.39, 0.29) is 0 Å². The molecule has 1 saturated carbocycles. The van der Waals surface area contributed by atoms with Crippen LogP contribution in [-0.4, -0.2) is 0 Å². The Hall–Kier alpha value is -1.04. The second kappa shape index (κ2) is 9.87. The number of aryl methyl sites for hydroxylation is 2. The summed E-state index contributed by atoms with van der Waals surface area (Å²) in [5.41, 5.74) is 2.82. The van der Waals surface area contributed by atoms with Crippen molar-refractivity contribution in [1.29, 1.82) is 0 Å². The van der Waals surface area contributed by atoms with Crippen LogP contribution in [0.1, 0.15) is 75.8 Å². The summed E-state index contributed by atoms with van der Waals surface area (Å²) in [6.45, 7) is 4.46. The highest BCUT2D eigenvalue weighted by Crippen LogP contribution is 2.32. The maximum atomic E-state index is 2.51. The van der Waals surface area contributed by atoms with Gasteiger partial charge in [0.05, 0.1) is 0 Å². The number of unbranched alkanes of at least 4 members (excludes halogenated alkanes) is 2. The van der Waals surface area contributed by atoms with Gasteiger partial charge in [0.1, 0.15) is 0 Å². The predicted octanol–water partition coefficient (Wildman–Crippen LogP) is 6.87. The van der Waals surface area contributed by atoms with Crippen molar-refractivity contribution in [2.75, 3.05) is 0 Å². The summed E-state index contributed by atoms with van der Waals surface area (Å²) in [7, 11) is 0. The maximum Gasteiger partial charge on any atom is -0.0233 e. The first-order valence-electron chi connectivity index (χ1n) is 9.50. The zero-order valence-electron chi connectivity index (χ0n) is 14.7. The van der Waals surface area contributed by atoms with Crippen molar-refractivity contribution >= 4 is 0 Å². The lowest BCUT2D eigenvalue weighted by molar-refractivity contribution is 0.289. The van der Waals surface area contributed by atoms with E-state index in [2.05, 4.69) is 50.3 Å². The molecule has 0 unspecified atom stereocenters. The largest absolute Gasteiger partial charge is 0.0879 e. The minimum atomic E-state index is 0.862. The van der Waals surface area contributed by atoms with Crippen LogP contribution in [-0.2, 0) is 6.42 Å². The number of allylic oxidation sites excluding steroid dienone is 2. The van der Waals surface area contributed by atoms with E-state index in [1.165, 1.54) is 75.3 Å². The quantitative estimate of drug-likeness (QED) is 0.363. The molecule has 0 radical (unpaired) electrons. The van der Waals surface area contributed by atoms with Gasteiger partial charge < -0.3 is 0 Å². The molecule has 0 heterocycles. The Morgan fingerprint density at radius 3 is 2.41 bits per heavy atom. The van der Waals surface area contributed by atoms with Gasteiger partial charge >= 0.3 is 0 Å². The van der Waals surface area contributed by atoms with E-state index < -0.39 is 0 Å². The average molecular weight is 299 g/mol. The van der Waals surface area contributed by atoms with Crippen molar-refractivity contribution in [3.8, 4) is 0 Å². The second-order valence-electron chi connectivity index (χ2n) is 7.23. The van der Waals surface area contributed by atoms with E-state index in [1.54, 1.807) is 0 Å². The molecule has 0 N–H and O–H groups in total. The van der Waals surface area contributed by atoms with Crippen LogP contribution in [0.3, 0.4) is 0 Å². The number of hydrogen-bond donors (Lipinski definition) is 0. The van der Waals surface area contributed by atoms with Gasteiger partial charge in [-0.05, 0) is 62.8 Å². The van der Waals surface area contributed by atoms with Gasteiger partial charge in [0.2, 0.25) is 0 Å². The lowest BCUT2D eigenvalue weighted by Crippen LogP contribution is -2.13. The van der Waals surface area contributed by atoms with Gasteiger partial charge in [0.25, 0.3) is 0 Å². The topological polar surface area (TPSA) is 0 Å². The van der Waals surface area contributed by atoms with Crippen LogP contribution < -0.4 is 0 Å². The lowest BCUT2D eigenvalue weighted by atomic mass is 9.79. The van der Waals surface area contributed by atoms with E-state index in [1.807, 2.05) is 0 Å². The van der Waals surface area contributed by atoms with E-state index in [0.29, 0.717) is 0 Å². The van der Waals surface area contributed by atoms with Gasteiger partial charge in [0.15, 0.2) is 0 Å². The van der Waals surface area contributed by atoms with Gasteiger partial charge in [-0.2, -0.15) is 0 Å². The Labute approximate surface area is 138 Å². The van der Waals surface area contributed by atoms with Crippen LogP contribution in [0.25, 0.3) is 0 Å². The van der Waals surface area contributed by atoms with Crippen molar-refractivity contribution < 1.29 is 0 Å². The maximum absolute atomic E-state index is 2.51. The zero-order chi connectivity index (χ0) is 15.6. The Morgan fingerprint density at radius 2 is 1.73 bits per heavy atom. The molecule has 0 amide bonds. The van der Waals surface area contributed by atoms with Crippen LogP contribution in [0.4, 0.5) is 0 Å². The van der Waals surface area contributed by atoms with Crippen molar-refractivity contribution in [1.82, 2.24) is 0 Å². The first-order chi connectivity index (χ1) is 10.8. The van der Waals surface area contributed by atoms with E-state index >= 15 is 0 Å². The number of benzene rings is 1. The van der Waals surface area contributed by atoms with Crippen LogP contribution in [0, 0.1) is 18.8 Å². The van der Waals surface area contributed by atoms with Crippen molar-refractivity contribution in [3.63, 3.8) is 0 Å². The normalized spacial score (nSPS) is 22.3. The van der Waals surface area contributed by atoms with Gasteiger partial charge in [-0.15, -0.1) is 0 Å². The van der Waals surface area contributed by atoms with E-state index in [9.17, 15) is 0 Å². The molecule has 0 aliphatic heterocycles. The third-order valence-corrected chi connectivity index (χ3v) is 5.24. The molecule has 1 aromatic rings. The molecule has 0 atom stereocenters. The molecule has 0 saturated heterocycles. The highest BCUT2D eigenvalue weighted by molar-refractivity contribution is 5.21. The third-order valence-electron chi connectivity index (χ3n) is 5.24. The van der Waals surface area contributed by atoms with Crippen LogP contribution in [0.5, 0.6) is 0 Å². The van der Waals surface area contributed by atoms with Gasteiger partial charge in [-0.3, -0.25) is 0 Å². The second-order valence-corrected chi connectivity index (χ2v) is 7.23. The summed E-state index contributed by atoms with van der Waals surface area (Å²) in [6, 6.07) is 8.98. The summed E-state index contributed by atoms with van der Waals surface area (Å²) in [5, 5.41) is 0. The highest BCUT2D eigenvalue weighted by Gasteiger charge is 2.18. The van der Waals surface area contributed by atoms with Crippen molar-refractivity contribution in [2.45, 2.75) is 78.1 Å². The van der Waals surface area contributed by atoms with E-state index in [0.717, 1.165) is 11.8 Å². The van der Waals surface area contributed by atoms with Crippen molar-refractivity contribution in [2.24, 2.45) is 11.8 Å². The summed E-state index contributed by atoms with van der Waals surface area (Å²) < 4.78 is 0. The molecule has 2 rings (SSSR count). The molecule has 0 heteroatoms. The molecule has 1 aliphatic rings. The third kappa shape index (κ3) is 6.38. The fraction of sp³-hybridized carbons (Fsp3) is 0.636. The SMILES string of the molecule is CCCCCC1CCC(/C=C/CCc2ccc(C)cc2)CC1. The lowest BCUT2D eigenvalue weighted by Gasteiger charge is -2.26. The smallest absolute Gasteiger partial charge is 0.0233 e. The average Bonchev–Trinajstić information content (AvgIpc) is 2.55. The highest BCUT2D eigenvalue weighted by atomic mass is 14.2. The van der Waals surface area contributed by atoms with E-state index in [4.69, 9.17) is 0 Å². The van der Waals surface area contributed by atoms with Gasteiger partial charge in [0, 0.05) is 0 Å². The molecule has 1 aromatic carbocycles. The number of rotatable bonds is 8. The molecule has 122 valence electrons. The molecular formula is C22H34. The fourth-order valence-corrected chi connectivity index (χ4v) is 3.65. The Kier molecular flexibility index (Phi) is 7.77. The van der Waals surface area contributed by atoms with Gasteiger partial charge in [-0.25, -0.2) is 0 Å². The van der Waals surface area contributed by atoms with Gasteiger partial charge in [-0.1, -0.05) is 74.6 Å². The number of hydrogen-bond acceptors (Lipinski definition) is 0. The summed E-state index contributed by atoms with van der Waals surface area (Å²) in [5.74, 6) is 1.89. The summed E-state index contributed by atoms with van der Waals surface area (Å²) >= 11 is 0. The standard InChI is InChI=1S/C22H34/c1-3-4-5-8-21-15-17-22(18-16-21)10-7-6-9-20-13-11-19(2)12-14-20/h7,10-14,21-22H,3-6,8-9,15-18H2,1-2H3/b10-7+. The monoisotopic (exact) mass is 298 g/mol. The first-order valence-corrected chi connectivity index (χ1v) is 9.50. The van der Waals surface area contributed by atoms with Crippen LogP contribution in [0.2, 0.25) is 0 Å².